The van der Waals surface area contributed by atoms with Crippen molar-refractivity contribution in [2.75, 3.05) is 25.0 Å². The van der Waals surface area contributed by atoms with E-state index in [1.54, 1.807) is 4.90 Å². The number of amides is 2. The molecule has 0 atom stereocenters. The summed E-state index contributed by atoms with van der Waals surface area (Å²) in [7, 11) is 0. The Morgan fingerprint density at radius 3 is 3.05 bits per heavy atom. The van der Waals surface area contributed by atoms with Gasteiger partial charge in [-0.05, 0) is 24.6 Å². The van der Waals surface area contributed by atoms with E-state index in [0.717, 1.165) is 16.6 Å². The molecule has 1 aliphatic heterocycles. The number of hydrogen-bond acceptors (Lipinski definition) is 3. The van der Waals surface area contributed by atoms with Gasteiger partial charge in [0.1, 0.15) is 0 Å². The van der Waals surface area contributed by atoms with Crippen molar-refractivity contribution in [2.24, 2.45) is 0 Å². The van der Waals surface area contributed by atoms with Crippen LogP contribution in [0.25, 0.3) is 0 Å². The first-order valence-electron chi connectivity index (χ1n) is 6.12. The van der Waals surface area contributed by atoms with Crippen LogP contribution in [0.5, 0.6) is 0 Å². The average Bonchev–Trinajstić information content (AvgIpc) is 2.38. The van der Waals surface area contributed by atoms with Gasteiger partial charge in [0.25, 0.3) is 0 Å². The van der Waals surface area contributed by atoms with Crippen LogP contribution in [0, 0.1) is 0 Å². The molecule has 19 heavy (non-hydrogen) atoms. The van der Waals surface area contributed by atoms with E-state index in [4.69, 9.17) is 4.74 Å². The summed E-state index contributed by atoms with van der Waals surface area (Å²) in [5.41, 5.74) is 0.737. The number of cyclic esters (lactones) is 1. The van der Waals surface area contributed by atoms with Gasteiger partial charge in [-0.25, -0.2) is 4.79 Å². The van der Waals surface area contributed by atoms with E-state index in [-0.39, 0.29) is 18.4 Å². The molecule has 0 radical (unpaired) electrons. The van der Waals surface area contributed by atoms with E-state index in [0.29, 0.717) is 19.7 Å². The van der Waals surface area contributed by atoms with Crippen molar-refractivity contribution in [3.8, 4) is 0 Å². The first-order chi connectivity index (χ1) is 9.15. The Hall–Kier alpha value is -1.56. The summed E-state index contributed by atoms with van der Waals surface area (Å²) in [4.78, 5) is 24.7. The predicted molar refractivity (Wildman–Crippen MR) is 74.9 cm³/mol. The van der Waals surface area contributed by atoms with E-state index in [1.807, 2.05) is 24.3 Å². The molecule has 1 aromatic carbocycles. The first kappa shape index (κ1) is 13.9. The molecule has 1 aliphatic rings. The minimum Gasteiger partial charge on any atom is -0.449 e. The molecule has 1 aromatic rings. The van der Waals surface area contributed by atoms with Crippen LogP contribution in [-0.4, -0.2) is 36.6 Å². The summed E-state index contributed by atoms with van der Waals surface area (Å²) < 4.78 is 5.81. The zero-order valence-electron chi connectivity index (χ0n) is 10.4. The van der Waals surface area contributed by atoms with Crippen LogP contribution in [0.4, 0.5) is 10.5 Å². The fourth-order valence-corrected chi connectivity index (χ4v) is 2.23. The monoisotopic (exact) mass is 326 g/mol. The Morgan fingerprint density at radius 1 is 1.47 bits per heavy atom. The third-order valence-corrected chi connectivity index (χ3v) is 3.27. The highest BCUT2D eigenvalue weighted by molar-refractivity contribution is 9.10. The van der Waals surface area contributed by atoms with Gasteiger partial charge in [0, 0.05) is 29.7 Å². The molecule has 2 rings (SSSR count). The maximum atomic E-state index is 11.8. The van der Waals surface area contributed by atoms with Crippen LogP contribution >= 0.6 is 15.9 Å². The molecular formula is C13H15BrN2O3. The zero-order valence-corrected chi connectivity index (χ0v) is 12.0. The second-order valence-corrected chi connectivity index (χ2v) is 5.18. The Labute approximate surface area is 120 Å². The van der Waals surface area contributed by atoms with Crippen molar-refractivity contribution in [2.45, 2.75) is 12.8 Å². The number of hydrogen-bond donors (Lipinski definition) is 1. The van der Waals surface area contributed by atoms with Crippen molar-refractivity contribution in [1.82, 2.24) is 4.90 Å². The Morgan fingerprint density at radius 2 is 2.32 bits per heavy atom. The Kier molecular flexibility index (Phi) is 4.79. The third kappa shape index (κ3) is 4.24. The predicted octanol–water partition coefficient (Wildman–Crippen LogP) is 2.62. The summed E-state index contributed by atoms with van der Waals surface area (Å²) >= 11 is 3.34. The first-order valence-corrected chi connectivity index (χ1v) is 6.91. The van der Waals surface area contributed by atoms with Crippen molar-refractivity contribution in [3.05, 3.63) is 28.7 Å². The van der Waals surface area contributed by atoms with Crippen LogP contribution in [-0.2, 0) is 9.53 Å². The lowest BCUT2D eigenvalue weighted by Crippen LogP contribution is -2.39. The van der Waals surface area contributed by atoms with Crippen molar-refractivity contribution < 1.29 is 14.3 Å². The van der Waals surface area contributed by atoms with Gasteiger partial charge in [0.05, 0.1) is 6.61 Å². The largest absolute Gasteiger partial charge is 0.449 e. The number of nitrogens with one attached hydrogen (secondary N) is 1. The van der Waals surface area contributed by atoms with Crippen molar-refractivity contribution in [1.29, 1.82) is 0 Å². The minimum absolute atomic E-state index is 0.114. The van der Waals surface area contributed by atoms with Crippen LogP contribution in [0.1, 0.15) is 12.8 Å². The normalized spacial score (nSPS) is 15.0. The standard InChI is InChI=1S/C13H15BrN2O3/c14-10-3-1-4-11(9-10)15-12(17)5-7-16-6-2-8-19-13(16)18/h1,3-4,9H,2,5-8H2,(H,15,17). The molecule has 0 aliphatic carbocycles. The van der Waals surface area contributed by atoms with E-state index in [2.05, 4.69) is 21.2 Å². The van der Waals surface area contributed by atoms with Crippen molar-refractivity contribution >= 4 is 33.6 Å². The van der Waals surface area contributed by atoms with Gasteiger partial charge in [-0.15, -0.1) is 0 Å². The van der Waals surface area contributed by atoms with Crippen LogP contribution < -0.4 is 5.32 Å². The lowest BCUT2D eigenvalue weighted by molar-refractivity contribution is -0.116. The number of carbonyl (C=O) groups excluding carboxylic acids is 2. The molecule has 0 saturated carbocycles. The van der Waals surface area contributed by atoms with Gasteiger partial charge < -0.3 is 15.0 Å². The highest BCUT2D eigenvalue weighted by Gasteiger charge is 2.19. The molecule has 0 bridgehead atoms. The van der Waals surface area contributed by atoms with Gasteiger partial charge in [-0.1, -0.05) is 22.0 Å². The number of anilines is 1. The Bertz CT molecular complexity index is 479. The maximum Gasteiger partial charge on any atom is 0.409 e. The van der Waals surface area contributed by atoms with E-state index in [9.17, 15) is 9.59 Å². The third-order valence-electron chi connectivity index (χ3n) is 2.77. The quantitative estimate of drug-likeness (QED) is 0.925. The molecule has 102 valence electrons. The highest BCUT2D eigenvalue weighted by atomic mass is 79.9. The maximum absolute atomic E-state index is 11.8. The number of halogens is 1. The lowest BCUT2D eigenvalue weighted by atomic mass is 10.3. The number of carbonyl (C=O) groups is 2. The van der Waals surface area contributed by atoms with Gasteiger partial charge in [-0.2, -0.15) is 0 Å². The molecule has 2 amide bonds. The minimum atomic E-state index is -0.332. The summed E-state index contributed by atoms with van der Waals surface area (Å²) in [5.74, 6) is -0.114. The SMILES string of the molecule is O=C(CCN1CCCOC1=O)Nc1cccc(Br)c1. The van der Waals surface area contributed by atoms with Gasteiger partial charge in [-0.3, -0.25) is 4.79 Å². The van der Waals surface area contributed by atoms with Gasteiger partial charge >= 0.3 is 6.09 Å². The zero-order chi connectivity index (χ0) is 13.7. The van der Waals surface area contributed by atoms with Gasteiger partial charge in [0.15, 0.2) is 0 Å². The average molecular weight is 327 g/mol. The molecule has 0 aromatic heterocycles. The van der Waals surface area contributed by atoms with Crippen LogP contribution in [0.3, 0.4) is 0 Å². The van der Waals surface area contributed by atoms with Crippen LogP contribution in [0.2, 0.25) is 0 Å². The number of benzene rings is 1. The second-order valence-electron chi connectivity index (χ2n) is 4.26. The molecule has 1 N–H and O–H groups in total. The van der Waals surface area contributed by atoms with Gasteiger partial charge in [0.2, 0.25) is 5.91 Å². The van der Waals surface area contributed by atoms with E-state index in [1.165, 1.54) is 0 Å². The smallest absolute Gasteiger partial charge is 0.409 e. The summed E-state index contributed by atoms with van der Waals surface area (Å²) in [5, 5.41) is 2.79. The molecule has 5 nitrogen and oxygen atoms in total. The molecular weight excluding hydrogens is 312 g/mol. The van der Waals surface area contributed by atoms with E-state index >= 15 is 0 Å². The summed E-state index contributed by atoms with van der Waals surface area (Å²) in [6, 6.07) is 7.38. The highest BCUT2D eigenvalue weighted by Crippen LogP contribution is 2.15. The second kappa shape index (κ2) is 6.56. The van der Waals surface area contributed by atoms with E-state index < -0.39 is 0 Å². The molecule has 1 fully saturated rings. The Balaban J connectivity index is 1.80. The lowest BCUT2D eigenvalue weighted by Gasteiger charge is -2.25. The molecule has 0 spiro atoms. The molecule has 1 heterocycles. The molecule has 1 saturated heterocycles. The fraction of sp³-hybridized carbons (Fsp3) is 0.385. The fourth-order valence-electron chi connectivity index (χ4n) is 1.83. The number of nitrogens with zero attached hydrogens (tertiary/aromatic N) is 1. The molecule has 6 heteroatoms. The van der Waals surface area contributed by atoms with Crippen molar-refractivity contribution in [3.63, 3.8) is 0 Å². The number of rotatable bonds is 4. The molecule has 0 unspecified atom stereocenters. The topological polar surface area (TPSA) is 58.6 Å². The summed E-state index contributed by atoms with van der Waals surface area (Å²) in [6.07, 6.45) is 0.752. The number of ether oxygens (including phenoxy) is 1. The summed E-state index contributed by atoms with van der Waals surface area (Å²) in [6.45, 7) is 1.52. The van der Waals surface area contributed by atoms with Crippen LogP contribution in [0.15, 0.2) is 28.7 Å².